The minimum atomic E-state index is 0.375. The third kappa shape index (κ3) is 2.15. The summed E-state index contributed by atoms with van der Waals surface area (Å²) in [5.74, 6) is 1.65. The molecule has 0 aliphatic rings. The average molecular weight is 175 g/mol. The van der Waals surface area contributed by atoms with Crippen LogP contribution in [0, 0.1) is 5.92 Å². The average Bonchev–Trinajstić information content (AvgIpc) is 2.34. The molecule has 11 heavy (non-hydrogen) atoms. The van der Waals surface area contributed by atoms with Crippen LogP contribution in [-0.4, -0.2) is 20.2 Å². The van der Waals surface area contributed by atoms with Crippen molar-refractivity contribution in [3.63, 3.8) is 0 Å². The van der Waals surface area contributed by atoms with Gasteiger partial charge < -0.3 is 0 Å². The van der Waals surface area contributed by atoms with Crippen LogP contribution in [0.2, 0.25) is 0 Å². The second-order valence-corrected chi connectivity index (χ2v) is 3.07. The molecule has 0 saturated heterocycles. The van der Waals surface area contributed by atoms with Gasteiger partial charge in [-0.15, -0.1) is 16.7 Å². The van der Waals surface area contributed by atoms with E-state index in [2.05, 4.69) is 29.4 Å². The van der Waals surface area contributed by atoms with E-state index in [1.165, 1.54) is 0 Å². The van der Waals surface area contributed by atoms with Gasteiger partial charge in [-0.3, -0.25) is 0 Å². The number of hydrogen-bond acceptors (Lipinski definition) is 3. The molecule has 0 aromatic carbocycles. The number of aromatic nitrogens is 4. The summed E-state index contributed by atoms with van der Waals surface area (Å²) in [6.07, 6.45) is 0. The molecule has 1 aromatic heterocycles. The molecule has 0 amide bonds. The van der Waals surface area contributed by atoms with Crippen molar-refractivity contribution < 1.29 is 0 Å². The van der Waals surface area contributed by atoms with Crippen molar-refractivity contribution >= 4 is 11.6 Å². The van der Waals surface area contributed by atoms with E-state index in [0.29, 0.717) is 11.8 Å². The lowest BCUT2D eigenvalue weighted by Gasteiger charge is -2.04. The van der Waals surface area contributed by atoms with Crippen molar-refractivity contribution in [3.8, 4) is 0 Å². The lowest BCUT2D eigenvalue weighted by atomic mass is 10.2. The van der Waals surface area contributed by atoms with Crippen LogP contribution >= 0.6 is 11.6 Å². The monoisotopic (exact) mass is 174 g/mol. The number of tetrazole rings is 1. The SMILES string of the molecule is CC(C)Cn1nnnc1CCl. The van der Waals surface area contributed by atoms with Gasteiger partial charge in [0.15, 0.2) is 5.82 Å². The van der Waals surface area contributed by atoms with Gasteiger partial charge >= 0.3 is 0 Å². The van der Waals surface area contributed by atoms with Gasteiger partial charge in [0.2, 0.25) is 0 Å². The molecule has 0 fully saturated rings. The van der Waals surface area contributed by atoms with Gasteiger partial charge in [-0.05, 0) is 16.3 Å². The van der Waals surface area contributed by atoms with Crippen molar-refractivity contribution in [1.82, 2.24) is 20.2 Å². The van der Waals surface area contributed by atoms with E-state index in [4.69, 9.17) is 11.6 Å². The predicted molar refractivity (Wildman–Crippen MR) is 42.2 cm³/mol. The van der Waals surface area contributed by atoms with Crippen LogP contribution < -0.4 is 0 Å². The zero-order chi connectivity index (χ0) is 8.27. The summed E-state index contributed by atoms with van der Waals surface area (Å²) in [5, 5.41) is 11.1. The van der Waals surface area contributed by atoms with E-state index in [-0.39, 0.29) is 0 Å². The van der Waals surface area contributed by atoms with Crippen LogP contribution in [0.1, 0.15) is 19.7 Å². The lowest BCUT2D eigenvalue weighted by Crippen LogP contribution is -2.09. The Kier molecular flexibility index (Phi) is 2.82. The second-order valence-electron chi connectivity index (χ2n) is 2.80. The van der Waals surface area contributed by atoms with E-state index >= 15 is 0 Å². The molecule has 0 N–H and O–H groups in total. The minimum Gasteiger partial charge on any atom is -0.228 e. The highest BCUT2D eigenvalue weighted by Gasteiger charge is 2.04. The molecule has 1 heterocycles. The summed E-state index contributed by atoms with van der Waals surface area (Å²) in [6, 6.07) is 0. The first kappa shape index (κ1) is 8.46. The highest BCUT2D eigenvalue weighted by molar-refractivity contribution is 6.16. The summed E-state index contributed by atoms with van der Waals surface area (Å²) in [4.78, 5) is 0. The molecule has 5 heteroatoms. The Hall–Kier alpha value is -0.640. The first-order chi connectivity index (χ1) is 5.24. The van der Waals surface area contributed by atoms with E-state index in [9.17, 15) is 0 Å². The third-order valence-electron chi connectivity index (χ3n) is 1.26. The van der Waals surface area contributed by atoms with Gasteiger partial charge in [0.1, 0.15) is 0 Å². The van der Waals surface area contributed by atoms with Crippen molar-refractivity contribution in [1.29, 1.82) is 0 Å². The summed E-state index contributed by atoms with van der Waals surface area (Å²) in [7, 11) is 0. The molecular formula is C6H11ClN4. The van der Waals surface area contributed by atoms with Gasteiger partial charge in [0.25, 0.3) is 0 Å². The fraction of sp³-hybridized carbons (Fsp3) is 0.833. The third-order valence-corrected chi connectivity index (χ3v) is 1.50. The number of rotatable bonds is 3. The van der Waals surface area contributed by atoms with E-state index in [1.807, 2.05) is 0 Å². The number of halogens is 1. The fourth-order valence-electron chi connectivity index (χ4n) is 0.807. The van der Waals surface area contributed by atoms with E-state index in [1.54, 1.807) is 4.68 Å². The molecule has 0 atom stereocenters. The first-order valence-corrected chi connectivity index (χ1v) is 4.08. The molecule has 0 spiro atoms. The maximum atomic E-state index is 5.59. The van der Waals surface area contributed by atoms with Crippen LogP contribution in [-0.2, 0) is 12.4 Å². The summed E-state index contributed by atoms with van der Waals surface area (Å²) < 4.78 is 1.73. The van der Waals surface area contributed by atoms with Crippen LogP contribution in [0.5, 0.6) is 0 Å². The predicted octanol–water partition coefficient (Wildman–Crippen LogP) is 1.07. The zero-order valence-corrected chi connectivity index (χ0v) is 7.41. The second kappa shape index (κ2) is 3.67. The fourth-order valence-corrected chi connectivity index (χ4v) is 0.998. The Bertz CT molecular complexity index is 220. The van der Waals surface area contributed by atoms with Gasteiger partial charge in [-0.1, -0.05) is 13.8 Å². The first-order valence-electron chi connectivity index (χ1n) is 3.55. The highest BCUT2D eigenvalue weighted by Crippen LogP contribution is 2.01. The van der Waals surface area contributed by atoms with Gasteiger partial charge in [0.05, 0.1) is 5.88 Å². The number of nitrogens with zero attached hydrogens (tertiary/aromatic N) is 4. The van der Waals surface area contributed by atoms with E-state index in [0.717, 1.165) is 12.4 Å². The smallest absolute Gasteiger partial charge is 0.166 e. The van der Waals surface area contributed by atoms with Gasteiger partial charge in [-0.2, -0.15) is 0 Å². The molecule has 4 nitrogen and oxygen atoms in total. The maximum Gasteiger partial charge on any atom is 0.166 e. The molecule has 1 rings (SSSR count). The van der Waals surface area contributed by atoms with Crippen LogP contribution in [0.15, 0.2) is 0 Å². The largest absolute Gasteiger partial charge is 0.228 e. The Morgan fingerprint density at radius 1 is 1.55 bits per heavy atom. The Labute approximate surface area is 70.5 Å². The molecule has 0 radical (unpaired) electrons. The Balaban J connectivity index is 2.68. The molecule has 62 valence electrons. The Morgan fingerprint density at radius 3 is 2.82 bits per heavy atom. The van der Waals surface area contributed by atoms with Crippen molar-refractivity contribution in [3.05, 3.63) is 5.82 Å². The number of hydrogen-bond donors (Lipinski definition) is 0. The lowest BCUT2D eigenvalue weighted by molar-refractivity contribution is 0.463. The van der Waals surface area contributed by atoms with Crippen molar-refractivity contribution in [2.24, 2.45) is 5.92 Å². The van der Waals surface area contributed by atoms with Crippen molar-refractivity contribution in [2.45, 2.75) is 26.3 Å². The standard InChI is InChI=1S/C6H11ClN4/c1-5(2)4-11-6(3-7)8-9-10-11/h5H,3-4H2,1-2H3. The Morgan fingerprint density at radius 2 is 2.27 bits per heavy atom. The molecule has 0 saturated carbocycles. The molecular weight excluding hydrogens is 164 g/mol. The normalized spacial score (nSPS) is 10.9. The van der Waals surface area contributed by atoms with Crippen LogP contribution in [0.3, 0.4) is 0 Å². The molecule has 1 aromatic rings. The molecule has 0 unspecified atom stereocenters. The molecule has 0 bridgehead atoms. The number of alkyl halides is 1. The topological polar surface area (TPSA) is 43.6 Å². The van der Waals surface area contributed by atoms with E-state index < -0.39 is 0 Å². The quantitative estimate of drug-likeness (QED) is 0.644. The van der Waals surface area contributed by atoms with Gasteiger partial charge in [-0.25, -0.2) is 4.68 Å². The maximum absolute atomic E-state index is 5.59. The minimum absolute atomic E-state index is 0.375. The molecule has 0 aliphatic carbocycles. The van der Waals surface area contributed by atoms with Crippen LogP contribution in [0.4, 0.5) is 0 Å². The van der Waals surface area contributed by atoms with Crippen molar-refractivity contribution in [2.75, 3.05) is 0 Å². The summed E-state index contributed by atoms with van der Waals surface area (Å²) >= 11 is 5.59. The zero-order valence-electron chi connectivity index (χ0n) is 6.66. The van der Waals surface area contributed by atoms with Gasteiger partial charge in [0, 0.05) is 6.54 Å². The van der Waals surface area contributed by atoms with Crippen LogP contribution in [0.25, 0.3) is 0 Å². The summed E-state index contributed by atoms with van der Waals surface area (Å²) in [5.41, 5.74) is 0. The highest BCUT2D eigenvalue weighted by atomic mass is 35.5. The molecule has 0 aliphatic heterocycles. The summed E-state index contributed by atoms with van der Waals surface area (Å²) in [6.45, 7) is 5.05.